The summed E-state index contributed by atoms with van der Waals surface area (Å²) in [5.41, 5.74) is 13.0. The van der Waals surface area contributed by atoms with E-state index in [0.717, 1.165) is 23.7 Å². The quantitative estimate of drug-likeness (QED) is 0.187. The Morgan fingerprint density at radius 1 is 0.540 bits per heavy atom. The van der Waals surface area contributed by atoms with E-state index in [1.165, 1.54) is 94.1 Å². The molecule has 1 nitrogen and oxygen atoms in total. The molecule has 4 fully saturated rings. The van der Waals surface area contributed by atoms with E-state index < -0.39 is 0 Å². The van der Waals surface area contributed by atoms with Gasteiger partial charge in [-0.1, -0.05) is 118 Å². The minimum absolute atomic E-state index is 0.0625. The van der Waals surface area contributed by atoms with Crippen LogP contribution in [0.15, 0.2) is 125 Å². The van der Waals surface area contributed by atoms with Crippen LogP contribution in [0.1, 0.15) is 94.9 Å². The summed E-state index contributed by atoms with van der Waals surface area (Å²) in [6.45, 7) is 9.87. The van der Waals surface area contributed by atoms with Gasteiger partial charge in [-0.3, -0.25) is 0 Å². The summed E-state index contributed by atoms with van der Waals surface area (Å²) in [5.74, 6) is 3.30. The lowest BCUT2D eigenvalue weighted by molar-refractivity contribution is -0.0443. The molecule has 1 aliphatic heterocycles. The van der Waals surface area contributed by atoms with E-state index >= 15 is 0 Å². The van der Waals surface area contributed by atoms with Gasteiger partial charge in [0, 0.05) is 26.5 Å². The standard InChI is InChI=1S/C48H49NS/c1-46(2)23-24-47(3,4)45-39(46)17-12-19-42(45)49(41-18-10-8-15-37(41)33-13-6-5-7-14-33)36-21-22-44-40(30-36)48(38-16-9-11-20-43(38)50-44)34-26-31-25-32(28-34)29-35(48)27-31/h5-22,30-32,34-35H,23-29H2,1-4H3. The lowest BCUT2D eigenvalue weighted by Crippen LogP contribution is -2.57. The van der Waals surface area contributed by atoms with Crippen LogP contribution in [0.3, 0.4) is 0 Å². The Morgan fingerprint density at radius 2 is 1.16 bits per heavy atom. The van der Waals surface area contributed by atoms with Crippen molar-refractivity contribution in [2.75, 3.05) is 4.90 Å². The second-order valence-electron chi connectivity index (χ2n) is 17.6. The smallest absolute Gasteiger partial charge is 0.0540 e. The van der Waals surface area contributed by atoms with Gasteiger partial charge < -0.3 is 4.90 Å². The first-order valence-corrected chi connectivity index (χ1v) is 20.1. The van der Waals surface area contributed by atoms with Crippen molar-refractivity contribution in [2.45, 2.75) is 98.7 Å². The Bertz CT molecular complexity index is 2090. The van der Waals surface area contributed by atoms with Crippen molar-refractivity contribution in [2.24, 2.45) is 23.7 Å². The van der Waals surface area contributed by atoms with Gasteiger partial charge in [-0.2, -0.15) is 0 Å². The molecule has 0 radical (unpaired) electrons. The minimum atomic E-state index is 0.0625. The number of fused-ring (bicyclic) bond motifs is 3. The summed E-state index contributed by atoms with van der Waals surface area (Å²) in [7, 11) is 0. The molecule has 0 aromatic heterocycles. The molecular formula is C48H49NS. The molecule has 1 heterocycles. The van der Waals surface area contributed by atoms with Gasteiger partial charge in [-0.05, 0) is 144 Å². The lowest BCUT2D eigenvalue weighted by Gasteiger charge is -2.63. The highest BCUT2D eigenvalue weighted by Gasteiger charge is 2.60. The highest BCUT2D eigenvalue weighted by atomic mass is 32.2. The fraction of sp³-hybridized carbons (Fsp3) is 0.375. The van der Waals surface area contributed by atoms with E-state index in [-0.39, 0.29) is 16.2 Å². The predicted octanol–water partition coefficient (Wildman–Crippen LogP) is 13.4. The molecule has 11 rings (SSSR count). The summed E-state index contributed by atoms with van der Waals surface area (Å²) >= 11 is 2.02. The maximum Gasteiger partial charge on any atom is 0.0540 e. The average Bonchev–Trinajstić information content (AvgIpc) is 3.12. The molecule has 0 amide bonds. The van der Waals surface area contributed by atoms with Crippen LogP contribution in [0.4, 0.5) is 17.1 Å². The van der Waals surface area contributed by atoms with Crippen molar-refractivity contribution >= 4 is 28.8 Å². The monoisotopic (exact) mass is 671 g/mol. The molecule has 5 aliphatic carbocycles. The number of anilines is 3. The minimum Gasteiger partial charge on any atom is -0.310 e. The fourth-order valence-corrected chi connectivity index (χ4v) is 13.1. The lowest BCUT2D eigenvalue weighted by atomic mass is 9.42. The highest BCUT2D eigenvalue weighted by Crippen LogP contribution is 2.69. The van der Waals surface area contributed by atoms with E-state index in [1.807, 2.05) is 11.8 Å². The van der Waals surface area contributed by atoms with Crippen molar-refractivity contribution in [1.29, 1.82) is 0 Å². The van der Waals surface area contributed by atoms with E-state index in [4.69, 9.17) is 0 Å². The van der Waals surface area contributed by atoms with Crippen LogP contribution in [0, 0.1) is 23.7 Å². The number of benzene rings is 5. The third-order valence-electron chi connectivity index (χ3n) is 13.9. The normalized spacial score (nSPS) is 27.8. The molecule has 4 saturated carbocycles. The molecule has 0 saturated heterocycles. The molecule has 0 N–H and O–H groups in total. The first-order chi connectivity index (χ1) is 24.2. The number of hydrogen-bond acceptors (Lipinski definition) is 2. The van der Waals surface area contributed by atoms with Gasteiger partial charge >= 0.3 is 0 Å². The van der Waals surface area contributed by atoms with Gasteiger partial charge in [0.25, 0.3) is 0 Å². The summed E-state index contributed by atoms with van der Waals surface area (Å²) < 4.78 is 0. The molecule has 252 valence electrons. The molecule has 6 aliphatic rings. The van der Waals surface area contributed by atoms with Gasteiger partial charge in [-0.15, -0.1) is 0 Å². The van der Waals surface area contributed by atoms with E-state index in [1.54, 1.807) is 11.1 Å². The molecule has 1 spiro atoms. The third-order valence-corrected chi connectivity index (χ3v) is 15.1. The number of hydrogen-bond donors (Lipinski definition) is 0. The predicted molar refractivity (Wildman–Crippen MR) is 210 cm³/mol. The zero-order valence-electron chi connectivity index (χ0n) is 30.1. The Hall–Kier alpha value is -3.75. The van der Waals surface area contributed by atoms with E-state index in [9.17, 15) is 0 Å². The SMILES string of the molecule is CC1(C)CCC(C)(C)c2c(N(c3ccc4c(c3)C3(c5ccccc5S4)C4CC5CC(C4)CC3C5)c3ccccc3-c3ccccc3)cccc21. The second-order valence-corrected chi connectivity index (χ2v) is 18.7. The Kier molecular flexibility index (Phi) is 6.90. The molecule has 0 atom stereocenters. The summed E-state index contributed by atoms with van der Waals surface area (Å²) in [6.07, 6.45) is 9.45. The Balaban J connectivity index is 1.25. The van der Waals surface area contributed by atoms with Crippen LogP contribution < -0.4 is 4.90 Å². The Labute approximate surface area is 303 Å². The van der Waals surface area contributed by atoms with Crippen LogP contribution >= 0.6 is 11.8 Å². The van der Waals surface area contributed by atoms with Crippen molar-refractivity contribution in [3.05, 3.63) is 138 Å². The van der Waals surface area contributed by atoms with Crippen LogP contribution in [0.25, 0.3) is 11.1 Å². The van der Waals surface area contributed by atoms with Gasteiger partial charge in [0.05, 0.1) is 11.4 Å². The zero-order chi connectivity index (χ0) is 33.8. The largest absolute Gasteiger partial charge is 0.310 e. The molecule has 0 unspecified atom stereocenters. The third kappa shape index (κ3) is 4.46. The van der Waals surface area contributed by atoms with Crippen LogP contribution in [0.2, 0.25) is 0 Å². The van der Waals surface area contributed by atoms with Gasteiger partial charge in [0.2, 0.25) is 0 Å². The molecule has 2 heteroatoms. The van der Waals surface area contributed by atoms with Gasteiger partial charge in [0.1, 0.15) is 0 Å². The maximum absolute atomic E-state index is 2.68. The molecule has 5 aromatic rings. The fourth-order valence-electron chi connectivity index (χ4n) is 11.9. The van der Waals surface area contributed by atoms with Gasteiger partial charge in [0.15, 0.2) is 0 Å². The second kappa shape index (κ2) is 11.1. The van der Waals surface area contributed by atoms with E-state index in [2.05, 4.69) is 148 Å². The maximum atomic E-state index is 2.68. The zero-order valence-corrected chi connectivity index (χ0v) is 30.9. The van der Waals surface area contributed by atoms with E-state index in [0.29, 0.717) is 0 Å². The average molecular weight is 672 g/mol. The van der Waals surface area contributed by atoms with Gasteiger partial charge in [-0.25, -0.2) is 0 Å². The highest BCUT2D eigenvalue weighted by molar-refractivity contribution is 7.99. The van der Waals surface area contributed by atoms with Crippen molar-refractivity contribution in [1.82, 2.24) is 0 Å². The summed E-state index contributed by atoms with van der Waals surface area (Å²) in [5, 5.41) is 0. The topological polar surface area (TPSA) is 3.24 Å². The number of rotatable bonds is 4. The molecule has 50 heavy (non-hydrogen) atoms. The molecule has 5 aromatic carbocycles. The van der Waals surface area contributed by atoms with Crippen LogP contribution in [-0.2, 0) is 16.2 Å². The summed E-state index contributed by atoms with van der Waals surface area (Å²) in [4.78, 5) is 5.64. The number of para-hydroxylation sites is 1. The first-order valence-electron chi connectivity index (χ1n) is 19.2. The first kappa shape index (κ1) is 31.0. The van der Waals surface area contributed by atoms with Crippen molar-refractivity contribution in [3.63, 3.8) is 0 Å². The van der Waals surface area contributed by atoms with Crippen LogP contribution in [-0.4, -0.2) is 0 Å². The Morgan fingerprint density at radius 3 is 1.94 bits per heavy atom. The van der Waals surface area contributed by atoms with Crippen LogP contribution in [0.5, 0.6) is 0 Å². The molecular weight excluding hydrogens is 623 g/mol. The van der Waals surface area contributed by atoms with Crippen molar-refractivity contribution in [3.8, 4) is 11.1 Å². The van der Waals surface area contributed by atoms with Crippen molar-refractivity contribution < 1.29 is 0 Å². The summed E-state index contributed by atoms with van der Waals surface area (Å²) in [6, 6.07) is 44.5. The molecule has 4 bridgehead atoms. The number of nitrogens with zero attached hydrogens (tertiary/aromatic N) is 1.